The fraction of sp³-hybridized carbons (Fsp3) is 0.800. The number of alkyl halides is 3. The molecule has 128 valence electrons. The lowest BCUT2D eigenvalue weighted by molar-refractivity contribution is -0.134. The highest BCUT2D eigenvalue weighted by molar-refractivity contribution is 7.86. The van der Waals surface area contributed by atoms with E-state index in [0.717, 1.165) is 0 Å². The summed E-state index contributed by atoms with van der Waals surface area (Å²) in [5.74, 6) is -0.643. The van der Waals surface area contributed by atoms with Gasteiger partial charge in [-0.25, -0.2) is 14.1 Å². The molecule has 0 bridgehead atoms. The lowest BCUT2D eigenvalue weighted by Crippen LogP contribution is -2.53. The lowest BCUT2D eigenvalue weighted by atomic mass is 10.3. The number of piperazine rings is 1. The number of carbonyl (C=O) groups excluding carboxylic acids is 2. The first-order valence-electron chi connectivity index (χ1n) is 6.19. The standard InChI is InChI=1S/C10H15F3N2O6S/c1-2-14-3-4-15(8(16)5-14)9(17)21-6-7(11)10(12,13)22(18,19)20/h7H,2-6H2,1H3,(H,18,19,20). The van der Waals surface area contributed by atoms with Crippen LogP contribution >= 0.6 is 0 Å². The first-order chi connectivity index (χ1) is 10.0. The fourth-order valence-electron chi connectivity index (χ4n) is 1.67. The summed E-state index contributed by atoms with van der Waals surface area (Å²) in [7, 11) is -5.98. The Morgan fingerprint density at radius 1 is 1.45 bits per heavy atom. The molecule has 22 heavy (non-hydrogen) atoms. The fourth-order valence-corrected chi connectivity index (χ4v) is 2.06. The Balaban J connectivity index is 2.58. The first kappa shape index (κ1) is 18.6. The molecular weight excluding hydrogens is 333 g/mol. The SMILES string of the molecule is CCN1CCN(C(=O)OCC(F)C(F)(F)S(=O)(=O)O)C(=O)C1. The molecule has 0 aromatic heterocycles. The predicted molar refractivity (Wildman–Crippen MR) is 66.6 cm³/mol. The molecule has 12 heteroatoms. The average molecular weight is 348 g/mol. The third kappa shape index (κ3) is 4.08. The van der Waals surface area contributed by atoms with Gasteiger partial charge in [0.25, 0.3) is 0 Å². The van der Waals surface area contributed by atoms with E-state index in [2.05, 4.69) is 4.74 Å². The largest absolute Gasteiger partial charge is 0.446 e. The molecule has 1 heterocycles. The molecule has 0 radical (unpaired) electrons. The highest BCUT2D eigenvalue weighted by atomic mass is 32.2. The van der Waals surface area contributed by atoms with E-state index in [-0.39, 0.29) is 13.1 Å². The Morgan fingerprint density at radius 2 is 2.05 bits per heavy atom. The third-order valence-electron chi connectivity index (χ3n) is 3.03. The number of amides is 2. The van der Waals surface area contributed by atoms with Crippen LogP contribution in [0.1, 0.15) is 6.92 Å². The van der Waals surface area contributed by atoms with E-state index in [0.29, 0.717) is 18.0 Å². The van der Waals surface area contributed by atoms with Crippen LogP contribution in [0, 0.1) is 0 Å². The molecule has 1 atom stereocenters. The normalized spacial score (nSPS) is 19.1. The van der Waals surface area contributed by atoms with E-state index in [4.69, 9.17) is 4.55 Å². The van der Waals surface area contributed by atoms with Gasteiger partial charge in [-0.2, -0.15) is 17.2 Å². The van der Waals surface area contributed by atoms with Gasteiger partial charge in [-0.3, -0.25) is 14.2 Å². The Kier molecular flexibility index (Phi) is 5.76. The number of carbonyl (C=O) groups is 2. The van der Waals surface area contributed by atoms with Crippen molar-refractivity contribution in [3.63, 3.8) is 0 Å². The highest BCUT2D eigenvalue weighted by Crippen LogP contribution is 2.27. The summed E-state index contributed by atoms with van der Waals surface area (Å²) in [4.78, 5) is 25.5. The minimum Gasteiger partial charge on any atom is -0.446 e. The number of hydrogen-bond acceptors (Lipinski definition) is 6. The Morgan fingerprint density at radius 3 is 2.50 bits per heavy atom. The van der Waals surface area contributed by atoms with Gasteiger partial charge in [0.2, 0.25) is 12.1 Å². The van der Waals surface area contributed by atoms with Crippen LogP contribution in [-0.4, -0.2) is 79.0 Å². The second-order valence-electron chi connectivity index (χ2n) is 4.50. The van der Waals surface area contributed by atoms with E-state index >= 15 is 0 Å². The zero-order valence-corrected chi connectivity index (χ0v) is 12.4. The van der Waals surface area contributed by atoms with E-state index in [1.54, 1.807) is 11.8 Å². The molecule has 0 spiro atoms. The summed E-state index contributed by atoms with van der Waals surface area (Å²) in [5, 5.41) is -5.11. The number of likely N-dealkylation sites (N-methyl/N-ethyl adjacent to an activating group) is 1. The zero-order chi connectivity index (χ0) is 17.1. The van der Waals surface area contributed by atoms with Crippen LogP contribution < -0.4 is 0 Å². The molecule has 1 fully saturated rings. The van der Waals surface area contributed by atoms with Crippen molar-refractivity contribution >= 4 is 22.1 Å². The van der Waals surface area contributed by atoms with Crippen molar-refractivity contribution in [3.05, 3.63) is 0 Å². The van der Waals surface area contributed by atoms with Gasteiger partial charge in [-0.15, -0.1) is 0 Å². The second-order valence-corrected chi connectivity index (χ2v) is 5.99. The van der Waals surface area contributed by atoms with Crippen LogP contribution in [0.4, 0.5) is 18.0 Å². The smallest absolute Gasteiger partial charge is 0.416 e. The molecule has 1 aliphatic heterocycles. The molecule has 1 aliphatic rings. The van der Waals surface area contributed by atoms with Crippen molar-refractivity contribution < 1.29 is 40.5 Å². The number of hydrogen-bond donors (Lipinski definition) is 1. The predicted octanol–water partition coefficient (Wildman–Crippen LogP) is 0.106. The van der Waals surface area contributed by atoms with Gasteiger partial charge in [-0.05, 0) is 6.54 Å². The van der Waals surface area contributed by atoms with E-state index in [1.807, 2.05) is 0 Å². The quantitative estimate of drug-likeness (QED) is 0.703. The molecule has 1 rings (SSSR count). The monoisotopic (exact) mass is 348 g/mol. The summed E-state index contributed by atoms with van der Waals surface area (Å²) < 4.78 is 72.0. The Hall–Kier alpha value is -1.40. The topological polar surface area (TPSA) is 104 Å². The highest BCUT2D eigenvalue weighted by Gasteiger charge is 2.53. The van der Waals surface area contributed by atoms with Crippen LogP contribution in [0.15, 0.2) is 0 Å². The maximum atomic E-state index is 13.1. The average Bonchev–Trinajstić information content (AvgIpc) is 2.42. The Labute approximate surface area is 124 Å². The van der Waals surface area contributed by atoms with Crippen molar-refractivity contribution in [1.82, 2.24) is 9.80 Å². The molecule has 0 aromatic carbocycles. The lowest BCUT2D eigenvalue weighted by Gasteiger charge is -2.31. The molecule has 0 saturated carbocycles. The molecule has 8 nitrogen and oxygen atoms in total. The number of rotatable bonds is 5. The summed E-state index contributed by atoms with van der Waals surface area (Å²) >= 11 is 0. The van der Waals surface area contributed by atoms with Crippen molar-refractivity contribution in [2.45, 2.75) is 18.3 Å². The minimum absolute atomic E-state index is 0.0584. The van der Waals surface area contributed by atoms with Gasteiger partial charge in [0.15, 0.2) is 0 Å². The van der Waals surface area contributed by atoms with Crippen molar-refractivity contribution in [3.8, 4) is 0 Å². The number of imide groups is 1. The molecule has 0 aromatic rings. The van der Waals surface area contributed by atoms with Gasteiger partial charge in [0, 0.05) is 13.1 Å². The van der Waals surface area contributed by atoms with Gasteiger partial charge in [0.05, 0.1) is 6.54 Å². The van der Waals surface area contributed by atoms with Crippen LogP contribution in [-0.2, 0) is 19.6 Å². The maximum Gasteiger partial charge on any atom is 0.416 e. The van der Waals surface area contributed by atoms with E-state index in [9.17, 15) is 31.2 Å². The first-order valence-corrected chi connectivity index (χ1v) is 7.63. The summed E-state index contributed by atoms with van der Waals surface area (Å²) in [6.45, 7) is 0.960. The Bertz CT molecular complexity index is 541. The summed E-state index contributed by atoms with van der Waals surface area (Å²) in [6.07, 6.45) is -4.81. The van der Waals surface area contributed by atoms with Crippen LogP contribution in [0.3, 0.4) is 0 Å². The van der Waals surface area contributed by atoms with Gasteiger partial charge < -0.3 is 4.74 Å². The summed E-state index contributed by atoms with van der Waals surface area (Å²) in [5.41, 5.74) is 0. The molecule has 0 aliphatic carbocycles. The van der Waals surface area contributed by atoms with Gasteiger partial charge in [0.1, 0.15) is 6.61 Å². The van der Waals surface area contributed by atoms with E-state index in [1.165, 1.54) is 0 Å². The van der Waals surface area contributed by atoms with Crippen LogP contribution in [0.2, 0.25) is 0 Å². The van der Waals surface area contributed by atoms with Crippen molar-refractivity contribution in [1.29, 1.82) is 0 Å². The maximum absolute atomic E-state index is 13.1. The van der Waals surface area contributed by atoms with Gasteiger partial charge in [-0.1, -0.05) is 6.92 Å². The third-order valence-corrected chi connectivity index (χ3v) is 3.97. The molecule has 1 N–H and O–H groups in total. The number of ether oxygens (including phenoxy) is 1. The van der Waals surface area contributed by atoms with Crippen molar-refractivity contribution in [2.24, 2.45) is 0 Å². The molecule has 1 unspecified atom stereocenters. The zero-order valence-electron chi connectivity index (χ0n) is 11.5. The van der Waals surface area contributed by atoms with Crippen LogP contribution in [0.25, 0.3) is 0 Å². The second kappa shape index (κ2) is 6.79. The van der Waals surface area contributed by atoms with Crippen LogP contribution in [0.5, 0.6) is 0 Å². The van der Waals surface area contributed by atoms with Crippen molar-refractivity contribution in [2.75, 3.05) is 32.8 Å². The van der Waals surface area contributed by atoms with Gasteiger partial charge >= 0.3 is 21.5 Å². The molecule has 2 amide bonds. The summed E-state index contributed by atoms with van der Waals surface area (Å²) in [6, 6.07) is 0. The van der Waals surface area contributed by atoms with E-state index < -0.39 is 40.2 Å². The molecule has 1 saturated heterocycles. The molecular formula is C10H15F3N2O6S. The number of nitrogens with zero attached hydrogens (tertiary/aromatic N) is 2. The number of halogens is 3. The minimum atomic E-state index is -5.98.